The van der Waals surface area contributed by atoms with Crippen molar-refractivity contribution in [1.29, 1.82) is 0 Å². The highest BCUT2D eigenvalue weighted by atomic mass is 16.3. The van der Waals surface area contributed by atoms with E-state index in [0.29, 0.717) is 13.0 Å². The van der Waals surface area contributed by atoms with E-state index in [4.69, 9.17) is 5.11 Å². The summed E-state index contributed by atoms with van der Waals surface area (Å²) < 4.78 is 0. The zero-order valence-corrected chi connectivity index (χ0v) is 10.5. The van der Waals surface area contributed by atoms with Crippen molar-refractivity contribution in [2.45, 2.75) is 33.2 Å². The molecule has 0 saturated carbocycles. The molecule has 4 heteroatoms. The highest BCUT2D eigenvalue weighted by Gasteiger charge is 2.18. The van der Waals surface area contributed by atoms with Gasteiger partial charge >= 0.3 is 0 Å². The number of hydrogen-bond donors (Lipinski definition) is 2. The average molecular weight is 216 g/mol. The fourth-order valence-corrected chi connectivity index (χ4v) is 1.02. The van der Waals surface area contributed by atoms with Crippen LogP contribution in [0.3, 0.4) is 0 Å². The van der Waals surface area contributed by atoms with Crippen molar-refractivity contribution in [1.82, 2.24) is 10.2 Å². The van der Waals surface area contributed by atoms with Crippen LogP contribution < -0.4 is 5.32 Å². The van der Waals surface area contributed by atoms with Crippen molar-refractivity contribution in [3.8, 4) is 0 Å². The molecule has 0 radical (unpaired) electrons. The van der Waals surface area contributed by atoms with Gasteiger partial charge in [-0.25, -0.2) is 0 Å². The Morgan fingerprint density at radius 2 is 2.00 bits per heavy atom. The summed E-state index contributed by atoms with van der Waals surface area (Å²) in [6.07, 6.45) is 0.495. The van der Waals surface area contributed by atoms with Gasteiger partial charge in [-0.1, -0.05) is 13.8 Å². The van der Waals surface area contributed by atoms with Crippen LogP contribution in [0.4, 0.5) is 0 Å². The summed E-state index contributed by atoms with van der Waals surface area (Å²) in [6.45, 7) is 6.82. The smallest absolute Gasteiger partial charge is 0.223 e. The van der Waals surface area contributed by atoms with Gasteiger partial charge in [0, 0.05) is 45.1 Å². The van der Waals surface area contributed by atoms with Crippen LogP contribution in [-0.4, -0.2) is 49.2 Å². The van der Waals surface area contributed by atoms with Gasteiger partial charge in [-0.15, -0.1) is 0 Å². The number of nitrogens with zero attached hydrogens (tertiary/aromatic N) is 1. The number of amides is 1. The van der Waals surface area contributed by atoms with Crippen molar-refractivity contribution < 1.29 is 9.90 Å². The van der Waals surface area contributed by atoms with Gasteiger partial charge in [-0.3, -0.25) is 4.79 Å². The van der Waals surface area contributed by atoms with E-state index in [1.807, 2.05) is 20.8 Å². The topological polar surface area (TPSA) is 52.6 Å². The van der Waals surface area contributed by atoms with Crippen molar-refractivity contribution in [2.75, 3.05) is 27.2 Å². The Hall–Kier alpha value is -0.610. The number of hydrogen-bond acceptors (Lipinski definition) is 3. The first-order valence-electron chi connectivity index (χ1n) is 5.33. The van der Waals surface area contributed by atoms with E-state index in [0.717, 1.165) is 0 Å². The third-order valence-electron chi connectivity index (χ3n) is 2.34. The Morgan fingerprint density at radius 1 is 1.47 bits per heavy atom. The molecule has 0 fully saturated rings. The molecule has 90 valence electrons. The number of carbonyl (C=O) groups excluding carboxylic acids is 1. The van der Waals surface area contributed by atoms with Gasteiger partial charge in [0.05, 0.1) is 0 Å². The van der Waals surface area contributed by atoms with Crippen LogP contribution in [0, 0.1) is 5.41 Å². The first kappa shape index (κ1) is 14.4. The normalized spacial score (nSPS) is 13.7. The van der Waals surface area contributed by atoms with Crippen LogP contribution in [0.5, 0.6) is 0 Å². The lowest BCUT2D eigenvalue weighted by atomic mass is 9.94. The van der Waals surface area contributed by atoms with E-state index in [2.05, 4.69) is 5.32 Å². The lowest BCUT2D eigenvalue weighted by molar-refractivity contribution is -0.129. The van der Waals surface area contributed by atoms with E-state index in [9.17, 15) is 4.79 Å². The Kier molecular flexibility index (Phi) is 5.83. The molecular formula is C11H24N2O2. The third kappa shape index (κ3) is 6.47. The third-order valence-corrected chi connectivity index (χ3v) is 2.34. The predicted molar refractivity (Wildman–Crippen MR) is 61.6 cm³/mol. The number of nitrogens with one attached hydrogen (secondary N) is 1. The molecule has 0 bridgehead atoms. The maximum Gasteiger partial charge on any atom is 0.223 e. The Balaban J connectivity index is 3.85. The molecule has 15 heavy (non-hydrogen) atoms. The maximum atomic E-state index is 11.4. The minimum absolute atomic E-state index is 0.122. The molecule has 0 aromatic heterocycles. The van der Waals surface area contributed by atoms with Gasteiger partial charge in [0.2, 0.25) is 5.91 Å². The van der Waals surface area contributed by atoms with Crippen molar-refractivity contribution in [3.63, 3.8) is 0 Å². The highest BCUT2D eigenvalue weighted by Crippen LogP contribution is 2.11. The molecule has 1 atom stereocenters. The molecule has 0 aliphatic carbocycles. The second kappa shape index (κ2) is 6.08. The van der Waals surface area contributed by atoms with Crippen LogP contribution in [0.25, 0.3) is 0 Å². The molecule has 2 N–H and O–H groups in total. The predicted octanol–water partition coefficient (Wildman–Crippen LogP) is 0.461. The summed E-state index contributed by atoms with van der Waals surface area (Å²) in [5.74, 6) is 0.122. The van der Waals surface area contributed by atoms with Crippen molar-refractivity contribution >= 4 is 5.91 Å². The monoisotopic (exact) mass is 216 g/mol. The summed E-state index contributed by atoms with van der Waals surface area (Å²) in [5.41, 5.74) is -0.130. The highest BCUT2D eigenvalue weighted by molar-refractivity contribution is 5.76. The minimum atomic E-state index is -0.130. The fourth-order valence-electron chi connectivity index (χ4n) is 1.02. The van der Waals surface area contributed by atoms with Crippen LogP contribution in [-0.2, 0) is 4.79 Å². The molecular weight excluding hydrogens is 192 g/mol. The first-order chi connectivity index (χ1) is 6.78. The van der Waals surface area contributed by atoms with E-state index < -0.39 is 0 Å². The molecule has 0 aromatic rings. The van der Waals surface area contributed by atoms with Crippen LogP contribution in [0.2, 0.25) is 0 Å². The van der Waals surface area contributed by atoms with Crippen LogP contribution in [0.15, 0.2) is 0 Å². The molecule has 0 aliphatic heterocycles. The summed E-state index contributed by atoms with van der Waals surface area (Å²) in [5, 5.41) is 12.3. The second-order valence-corrected chi connectivity index (χ2v) is 5.10. The summed E-state index contributed by atoms with van der Waals surface area (Å²) in [6, 6.07) is 0.144. The van der Waals surface area contributed by atoms with Crippen molar-refractivity contribution in [3.05, 3.63) is 0 Å². The maximum absolute atomic E-state index is 11.4. The Bertz CT molecular complexity index is 203. The van der Waals surface area contributed by atoms with Gasteiger partial charge < -0.3 is 15.3 Å². The van der Waals surface area contributed by atoms with Gasteiger partial charge in [0.15, 0.2) is 0 Å². The van der Waals surface area contributed by atoms with E-state index in [1.54, 1.807) is 19.0 Å². The van der Waals surface area contributed by atoms with E-state index in [-0.39, 0.29) is 24.0 Å². The van der Waals surface area contributed by atoms with Crippen molar-refractivity contribution in [2.24, 2.45) is 5.41 Å². The molecule has 0 saturated heterocycles. The lowest BCUT2D eigenvalue weighted by Crippen LogP contribution is -2.39. The molecule has 0 heterocycles. The lowest BCUT2D eigenvalue weighted by Gasteiger charge is -2.25. The van der Waals surface area contributed by atoms with Gasteiger partial charge in [-0.2, -0.15) is 0 Å². The standard InChI is InChI=1S/C11H24N2O2/c1-9(6-10(15)13(4)5)12-7-11(2,3)8-14/h9,12,14H,6-8H2,1-5H3. The average Bonchev–Trinajstić information content (AvgIpc) is 2.15. The zero-order valence-electron chi connectivity index (χ0n) is 10.5. The molecule has 0 spiro atoms. The Labute approximate surface area is 92.7 Å². The van der Waals surface area contributed by atoms with E-state index in [1.165, 1.54) is 0 Å². The molecule has 0 aliphatic rings. The zero-order chi connectivity index (χ0) is 12.1. The Morgan fingerprint density at radius 3 is 2.40 bits per heavy atom. The summed E-state index contributed by atoms with van der Waals surface area (Å²) in [7, 11) is 3.51. The number of aliphatic hydroxyl groups is 1. The van der Waals surface area contributed by atoms with Crippen LogP contribution >= 0.6 is 0 Å². The molecule has 0 aromatic carbocycles. The first-order valence-corrected chi connectivity index (χ1v) is 5.33. The summed E-state index contributed by atoms with van der Waals surface area (Å²) >= 11 is 0. The van der Waals surface area contributed by atoms with Gasteiger partial charge in [0.25, 0.3) is 0 Å². The molecule has 4 nitrogen and oxygen atoms in total. The van der Waals surface area contributed by atoms with Gasteiger partial charge in [-0.05, 0) is 6.92 Å². The second-order valence-electron chi connectivity index (χ2n) is 5.10. The fraction of sp³-hybridized carbons (Fsp3) is 0.909. The quantitative estimate of drug-likeness (QED) is 0.678. The number of aliphatic hydroxyl groups excluding tert-OH is 1. The number of rotatable bonds is 6. The number of carbonyl (C=O) groups is 1. The SMILES string of the molecule is CC(CC(=O)N(C)C)NCC(C)(C)CO. The van der Waals surface area contributed by atoms with Crippen LogP contribution in [0.1, 0.15) is 27.2 Å². The molecule has 0 rings (SSSR count). The largest absolute Gasteiger partial charge is 0.396 e. The van der Waals surface area contributed by atoms with Gasteiger partial charge in [0.1, 0.15) is 0 Å². The minimum Gasteiger partial charge on any atom is -0.396 e. The molecule has 1 amide bonds. The summed E-state index contributed by atoms with van der Waals surface area (Å²) in [4.78, 5) is 13.0. The molecule has 1 unspecified atom stereocenters. The van der Waals surface area contributed by atoms with E-state index >= 15 is 0 Å².